The lowest BCUT2D eigenvalue weighted by molar-refractivity contribution is 1.24. The number of nitrogens with two attached hydrogens (primary N) is 1. The lowest BCUT2D eigenvalue weighted by Crippen LogP contribution is -1.83. The van der Waals surface area contributed by atoms with Gasteiger partial charge in [0.05, 0.1) is 5.69 Å². The Morgan fingerprint density at radius 3 is 2.50 bits per heavy atom. The van der Waals surface area contributed by atoms with Crippen molar-refractivity contribution in [1.82, 2.24) is 0 Å². The highest BCUT2D eigenvalue weighted by atomic mass is 35.5. The van der Waals surface area contributed by atoms with Gasteiger partial charge in [0, 0.05) is 11.3 Å². The van der Waals surface area contributed by atoms with Gasteiger partial charge in [-0.2, -0.15) is 0 Å². The first kappa shape index (κ1) is 9.56. The van der Waals surface area contributed by atoms with Crippen molar-refractivity contribution in [2.75, 3.05) is 5.73 Å². The summed E-state index contributed by atoms with van der Waals surface area (Å²) >= 11 is 7.44. The standard InChI is InChI=1S/C11H10ClNS/c12-11-10(13)7-9(14-11)6-8-4-2-1-3-5-8/h1-5,7H,6,13H2. The molecule has 1 nitrogen and oxygen atoms in total. The van der Waals surface area contributed by atoms with E-state index in [0.29, 0.717) is 10.0 Å². The van der Waals surface area contributed by atoms with E-state index in [2.05, 4.69) is 12.1 Å². The minimum atomic E-state index is 0.683. The Hall–Kier alpha value is -0.990. The largest absolute Gasteiger partial charge is 0.397 e. The molecule has 72 valence electrons. The van der Waals surface area contributed by atoms with Crippen LogP contribution in [0.3, 0.4) is 0 Å². The summed E-state index contributed by atoms with van der Waals surface area (Å²) in [7, 11) is 0. The highest BCUT2D eigenvalue weighted by Crippen LogP contribution is 2.30. The van der Waals surface area contributed by atoms with E-state index < -0.39 is 0 Å². The Kier molecular flexibility index (Phi) is 2.75. The monoisotopic (exact) mass is 223 g/mol. The Morgan fingerprint density at radius 2 is 1.93 bits per heavy atom. The van der Waals surface area contributed by atoms with E-state index in [4.69, 9.17) is 17.3 Å². The first-order chi connectivity index (χ1) is 6.75. The van der Waals surface area contributed by atoms with Crippen LogP contribution in [-0.4, -0.2) is 0 Å². The zero-order chi connectivity index (χ0) is 9.97. The van der Waals surface area contributed by atoms with Crippen molar-refractivity contribution in [2.24, 2.45) is 0 Å². The third-order valence-electron chi connectivity index (χ3n) is 1.99. The average molecular weight is 224 g/mol. The van der Waals surface area contributed by atoms with Crippen molar-refractivity contribution in [2.45, 2.75) is 6.42 Å². The molecule has 1 aromatic carbocycles. The molecule has 0 aliphatic rings. The quantitative estimate of drug-likeness (QED) is 0.828. The predicted octanol–water partition coefficient (Wildman–Crippen LogP) is 3.57. The van der Waals surface area contributed by atoms with Crippen molar-refractivity contribution in [3.63, 3.8) is 0 Å². The molecule has 0 bridgehead atoms. The highest BCUT2D eigenvalue weighted by molar-refractivity contribution is 7.16. The molecule has 1 aromatic heterocycles. The first-order valence-electron chi connectivity index (χ1n) is 4.33. The number of hydrogen-bond donors (Lipinski definition) is 1. The van der Waals surface area contributed by atoms with Gasteiger partial charge in [-0.3, -0.25) is 0 Å². The summed E-state index contributed by atoms with van der Waals surface area (Å²) in [5.74, 6) is 0. The van der Waals surface area contributed by atoms with Gasteiger partial charge in [-0.15, -0.1) is 11.3 Å². The van der Waals surface area contributed by atoms with E-state index in [1.54, 1.807) is 11.3 Å². The Bertz CT molecular complexity index is 403. The van der Waals surface area contributed by atoms with Gasteiger partial charge in [-0.1, -0.05) is 41.9 Å². The molecule has 0 fully saturated rings. The molecule has 0 saturated carbocycles. The lowest BCUT2D eigenvalue weighted by atomic mass is 10.1. The first-order valence-corrected chi connectivity index (χ1v) is 5.53. The fourth-order valence-corrected chi connectivity index (χ4v) is 2.50. The van der Waals surface area contributed by atoms with Gasteiger partial charge in [-0.05, 0) is 11.6 Å². The second kappa shape index (κ2) is 4.03. The third-order valence-corrected chi connectivity index (χ3v) is 3.37. The summed E-state index contributed by atoms with van der Waals surface area (Å²) in [5.41, 5.74) is 7.64. The molecule has 1 heterocycles. The summed E-state index contributed by atoms with van der Waals surface area (Å²) in [6, 6.07) is 12.2. The van der Waals surface area contributed by atoms with Gasteiger partial charge < -0.3 is 5.73 Å². The molecule has 0 aliphatic carbocycles. The normalized spacial score (nSPS) is 10.4. The van der Waals surface area contributed by atoms with Gasteiger partial charge in [0.15, 0.2) is 0 Å². The van der Waals surface area contributed by atoms with Crippen LogP contribution >= 0.6 is 22.9 Å². The van der Waals surface area contributed by atoms with Gasteiger partial charge >= 0.3 is 0 Å². The second-order valence-electron chi connectivity index (χ2n) is 3.10. The minimum Gasteiger partial charge on any atom is -0.397 e. The summed E-state index contributed by atoms with van der Waals surface area (Å²) in [4.78, 5) is 1.21. The average Bonchev–Trinajstić information content (AvgIpc) is 2.47. The number of halogens is 1. The van der Waals surface area contributed by atoms with Crippen molar-refractivity contribution in [3.8, 4) is 0 Å². The number of hydrogen-bond acceptors (Lipinski definition) is 2. The van der Waals surface area contributed by atoms with Crippen LogP contribution in [0.2, 0.25) is 4.34 Å². The number of nitrogen functional groups attached to an aromatic ring is 1. The smallest absolute Gasteiger partial charge is 0.116 e. The van der Waals surface area contributed by atoms with E-state index in [1.807, 2.05) is 24.3 Å². The molecule has 0 aliphatic heterocycles. The number of benzene rings is 1. The maximum atomic E-state index is 5.89. The van der Waals surface area contributed by atoms with Crippen LogP contribution in [0.1, 0.15) is 10.4 Å². The minimum absolute atomic E-state index is 0.683. The molecule has 3 heteroatoms. The van der Waals surface area contributed by atoms with E-state index >= 15 is 0 Å². The van der Waals surface area contributed by atoms with Crippen LogP contribution < -0.4 is 5.73 Å². The highest BCUT2D eigenvalue weighted by Gasteiger charge is 2.04. The molecule has 0 saturated heterocycles. The second-order valence-corrected chi connectivity index (χ2v) is 4.84. The van der Waals surface area contributed by atoms with Gasteiger partial charge in [0.25, 0.3) is 0 Å². The van der Waals surface area contributed by atoms with Crippen LogP contribution in [0.25, 0.3) is 0 Å². The van der Waals surface area contributed by atoms with Gasteiger partial charge in [0.2, 0.25) is 0 Å². The Morgan fingerprint density at radius 1 is 1.21 bits per heavy atom. The van der Waals surface area contributed by atoms with Crippen LogP contribution in [0.5, 0.6) is 0 Å². The molecule has 2 N–H and O–H groups in total. The van der Waals surface area contributed by atoms with E-state index in [0.717, 1.165) is 6.42 Å². The summed E-state index contributed by atoms with van der Waals surface area (Å²) in [6.45, 7) is 0. The molecule has 0 amide bonds. The van der Waals surface area contributed by atoms with Crippen LogP contribution in [0.15, 0.2) is 36.4 Å². The topological polar surface area (TPSA) is 26.0 Å². The van der Waals surface area contributed by atoms with Gasteiger partial charge in [0.1, 0.15) is 4.34 Å². The van der Waals surface area contributed by atoms with Crippen molar-refractivity contribution in [3.05, 3.63) is 51.2 Å². The molecule has 2 rings (SSSR count). The zero-order valence-electron chi connectivity index (χ0n) is 7.53. The number of rotatable bonds is 2. The summed E-state index contributed by atoms with van der Waals surface area (Å²) in [6.07, 6.45) is 0.905. The van der Waals surface area contributed by atoms with Crippen molar-refractivity contribution in [1.29, 1.82) is 0 Å². The molecule has 14 heavy (non-hydrogen) atoms. The molecular formula is C11H10ClNS. The van der Waals surface area contributed by atoms with Crippen LogP contribution in [0, 0.1) is 0 Å². The molecule has 2 aromatic rings. The maximum Gasteiger partial charge on any atom is 0.116 e. The molecule has 0 spiro atoms. The Labute approximate surface area is 92.1 Å². The van der Waals surface area contributed by atoms with Crippen molar-refractivity contribution >= 4 is 28.6 Å². The zero-order valence-corrected chi connectivity index (χ0v) is 9.11. The van der Waals surface area contributed by atoms with E-state index in [1.165, 1.54) is 10.4 Å². The molecule has 0 radical (unpaired) electrons. The van der Waals surface area contributed by atoms with E-state index in [9.17, 15) is 0 Å². The molecular weight excluding hydrogens is 214 g/mol. The van der Waals surface area contributed by atoms with Gasteiger partial charge in [-0.25, -0.2) is 0 Å². The number of thiophene rings is 1. The fourth-order valence-electron chi connectivity index (χ4n) is 1.32. The van der Waals surface area contributed by atoms with Crippen LogP contribution in [-0.2, 0) is 6.42 Å². The summed E-state index contributed by atoms with van der Waals surface area (Å²) < 4.78 is 0.691. The SMILES string of the molecule is Nc1cc(Cc2ccccc2)sc1Cl. The molecule has 0 atom stereocenters. The molecule has 0 unspecified atom stereocenters. The Balaban J connectivity index is 2.19. The lowest BCUT2D eigenvalue weighted by Gasteiger charge is -1.96. The summed E-state index contributed by atoms with van der Waals surface area (Å²) in [5, 5.41) is 0. The third kappa shape index (κ3) is 2.08. The van der Waals surface area contributed by atoms with E-state index in [-0.39, 0.29) is 0 Å². The maximum absolute atomic E-state index is 5.89. The number of anilines is 1. The van der Waals surface area contributed by atoms with Crippen LogP contribution in [0.4, 0.5) is 5.69 Å². The fraction of sp³-hybridized carbons (Fsp3) is 0.0909. The van der Waals surface area contributed by atoms with Crippen molar-refractivity contribution < 1.29 is 0 Å². The predicted molar refractivity (Wildman–Crippen MR) is 63.0 cm³/mol.